The van der Waals surface area contributed by atoms with Gasteiger partial charge in [0.15, 0.2) is 0 Å². The summed E-state index contributed by atoms with van der Waals surface area (Å²) in [5.41, 5.74) is 6.00. The first kappa shape index (κ1) is 11.9. The van der Waals surface area contributed by atoms with Crippen molar-refractivity contribution >= 4 is 5.91 Å². The Morgan fingerprint density at radius 1 is 1.25 bits per heavy atom. The monoisotopic (exact) mass is 224 g/mol. The van der Waals surface area contributed by atoms with Gasteiger partial charge in [0.2, 0.25) is 5.91 Å². The molecule has 0 aliphatic heterocycles. The molecule has 0 radical (unpaired) electrons. The van der Waals surface area contributed by atoms with Gasteiger partial charge in [-0.2, -0.15) is 0 Å². The van der Waals surface area contributed by atoms with Crippen LogP contribution in [0.1, 0.15) is 44.9 Å². The largest absolute Gasteiger partial charge is 0.345 e. The van der Waals surface area contributed by atoms with Crippen molar-refractivity contribution in [3.05, 3.63) is 0 Å². The third kappa shape index (κ3) is 2.76. The first-order valence-electron chi connectivity index (χ1n) is 6.66. The summed E-state index contributed by atoms with van der Waals surface area (Å²) in [5.74, 6) is 1.51. The third-order valence-corrected chi connectivity index (χ3v) is 4.34. The highest BCUT2D eigenvalue weighted by Crippen LogP contribution is 2.29. The van der Waals surface area contributed by atoms with E-state index in [4.69, 9.17) is 5.73 Å². The predicted octanol–water partition coefficient (Wildman–Crippen LogP) is 1.76. The number of amides is 1. The fraction of sp³-hybridized carbons (Fsp3) is 0.923. The van der Waals surface area contributed by atoms with Crippen molar-refractivity contribution in [3.63, 3.8) is 0 Å². The van der Waals surface area contributed by atoms with E-state index < -0.39 is 0 Å². The summed E-state index contributed by atoms with van der Waals surface area (Å²) in [6.45, 7) is 0.959. The minimum absolute atomic E-state index is 0.265. The fourth-order valence-corrected chi connectivity index (χ4v) is 2.86. The molecule has 3 heteroatoms. The zero-order valence-electron chi connectivity index (χ0n) is 10.3. The molecule has 0 spiro atoms. The zero-order valence-corrected chi connectivity index (χ0v) is 10.3. The number of carbonyl (C=O) groups is 1. The van der Waals surface area contributed by atoms with Crippen LogP contribution in [-0.2, 0) is 4.79 Å². The quantitative estimate of drug-likeness (QED) is 0.791. The van der Waals surface area contributed by atoms with Crippen LogP contribution in [0.15, 0.2) is 0 Å². The van der Waals surface area contributed by atoms with Gasteiger partial charge in [0.25, 0.3) is 0 Å². The van der Waals surface area contributed by atoms with Crippen molar-refractivity contribution in [2.75, 3.05) is 13.6 Å². The van der Waals surface area contributed by atoms with E-state index in [1.165, 1.54) is 25.7 Å². The fourth-order valence-electron chi connectivity index (χ4n) is 2.86. The highest BCUT2D eigenvalue weighted by Gasteiger charge is 2.28. The van der Waals surface area contributed by atoms with Crippen molar-refractivity contribution in [1.82, 2.24) is 4.90 Å². The van der Waals surface area contributed by atoms with E-state index in [-0.39, 0.29) is 6.04 Å². The van der Waals surface area contributed by atoms with Crippen LogP contribution < -0.4 is 5.73 Å². The van der Waals surface area contributed by atoms with Crippen molar-refractivity contribution in [3.8, 4) is 0 Å². The van der Waals surface area contributed by atoms with Gasteiger partial charge in [-0.15, -0.1) is 0 Å². The van der Waals surface area contributed by atoms with Crippen molar-refractivity contribution in [1.29, 1.82) is 0 Å². The molecule has 2 aliphatic rings. The first-order valence-corrected chi connectivity index (χ1v) is 6.66. The lowest BCUT2D eigenvalue weighted by Gasteiger charge is -2.31. The SMILES string of the molecule is CN(CC1CCC1)C(=O)C[C@@H]1CCC[C@H]1N. The average molecular weight is 224 g/mol. The summed E-state index contributed by atoms with van der Waals surface area (Å²) < 4.78 is 0. The van der Waals surface area contributed by atoms with E-state index in [0.29, 0.717) is 18.2 Å². The molecule has 1 amide bonds. The molecule has 2 atom stereocenters. The minimum Gasteiger partial charge on any atom is -0.345 e. The van der Waals surface area contributed by atoms with Crippen LogP contribution in [0, 0.1) is 11.8 Å². The van der Waals surface area contributed by atoms with Crippen LogP contribution in [0.3, 0.4) is 0 Å². The predicted molar refractivity (Wildman–Crippen MR) is 64.9 cm³/mol. The van der Waals surface area contributed by atoms with Crippen LogP contribution in [0.5, 0.6) is 0 Å². The molecule has 3 nitrogen and oxygen atoms in total. The highest BCUT2D eigenvalue weighted by molar-refractivity contribution is 5.76. The van der Waals surface area contributed by atoms with E-state index in [1.54, 1.807) is 0 Å². The second-order valence-electron chi connectivity index (χ2n) is 5.63. The van der Waals surface area contributed by atoms with Gasteiger partial charge in [-0.05, 0) is 37.5 Å². The molecule has 0 aromatic carbocycles. The molecule has 2 aliphatic carbocycles. The Bertz CT molecular complexity index is 250. The van der Waals surface area contributed by atoms with Gasteiger partial charge in [0.1, 0.15) is 0 Å². The van der Waals surface area contributed by atoms with E-state index in [1.807, 2.05) is 11.9 Å². The van der Waals surface area contributed by atoms with Gasteiger partial charge < -0.3 is 10.6 Å². The topological polar surface area (TPSA) is 46.3 Å². The molecule has 2 rings (SSSR count). The van der Waals surface area contributed by atoms with Crippen LogP contribution in [-0.4, -0.2) is 30.4 Å². The Morgan fingerprint density at radius 2 is 1.94 bits per heavy atom. The lowest BCUT2D eigenvalue weighted by molar-refractivity contribution is -0.131. The van der Waals surface area contributed by atoms with Crippen LogP contribution in [0.4, 0.5) is 0 Å². The van der Waals surface area contributed by atoms with E-state index >= 15 is 0 Å². The van der Waals surface area contributed by atoms with Crippen LogP contribution in [0.2, 0.25) is 0 Å². The molecule has 2 fully saturated rings. The van der Waals surface area contributed by atoms with Crippen LogP contribution in [0.25, 0.3) is 0 Å². The summed E-state index contributed by atoms with van der Waals surface area (Å²) in [6.07, 6.45) is 8.08. The number of hydrogen-bond donors (Lipinski definition) is 1. The molecular formula is C13H24N2O. The second-order valence-corrected chi connectivity index (χ2v) is 5.63. The third-order valence-electron chi connectivity index (χ3n) is 4.34. The minimum atomic E-state index is 0.265. The second kappa shape index (κ2) is 5.17. The maximum atomic E-state index is 12.0. The molecule has 16 heavy (non-hydrogen) atoms. The van der Waals surface area contributed by atoms with E-state index in [9.17, 15) is 4.79 Å². The molecule has 0 unspecified atom stereocenters. The van der Waals surface area contributed by atoms with Crippen molar-refractivity contribution in [2.24, 2.45) is 17.6 Å². The Morgan fingerprint density at radius 3 is 2.44 bits per heavy atom. The van der Waals surface area contributed by atoms with E-state index in [0.717, 1.165) is 25.3 Å². The lowest BCUT2D eigenvalue weighted by atomic mass is 9.85. The molecule has 92 valence electrons. The smallest absolute Gasteiger partial charge is 0.222 e. The Balaban J connectivity index is 1.73. The van der Waals surface area contributed by atoms with Gasteiger partial charge in [-0.25, -0.2) is 0 Å². The Hall–Kier alpha value is -0.570. The molecule has 0 heterocycles. The van der Waals surface area contributed by atoms with Gasteiger partial charge in [-0.1, -0.05) is 12.8 Å². The van der Waals surface area contributed by atoms with E-state index in [2.05, 4.69) is 0 Å². The number of nitrogens with zero attached hydrogens (tertiary/aromatic N) is 1. The molecule has 2 saturated carbocycles. The Labute approximate surface area is 98.4 Å². The number of rotatable bonds is 4. The van der Waals surface area contributed by atoms with Gasteiger partial charge in [0.05, 0.1) is 0 Å². The van der Waals surface area contributed by atoms with Crippen molar-refractivity contribution in [2.45, 2.75) is 51.0 Å². The molecule has 0 aromatic heterocycles. The molecular weight excluding hydrogens is 200 g/mol. The molecule has 2 N–H and O–H groups in total. The average Bonchev–Trinajstić information content (AvgIpc) is 2.58. The summed E-state index contributed by atoms with van der Waals surface area (Å²) in [4.78, 5) is 13.9. The summed E-state index contributed by atoms with van der Waals surface area (Å²) >= 11 is 0. The summed E-state index contributed by atoms with van der Waals surface area (Å²) in [5, 5.41) is 0. The van der Waals surface area contributed by atoms with Gasteiger partial charge >= 0.3 is 0 Å². The molecule has 0 aromatic rings. The van der Waals surface area contributed by atoms with Gasteiger partial charge in [0, 0.05) is 26.1 Å². The number of hydrogen-bond acceptors (Lipinski definition) is 2. The molecule has 0 saturated heterocycles. The maximum Gasteiger partial charge on any atom is 0.222 e. The van der Waals surface area contributed by atoms with Crippen LogP contribution >= 0.6 is 0 Å². The highest BCUT2D eigenvalue weighted by atomic mass is 16.2. The summed E-state index contributed by atoms with van der Waals surface area (Å²) in [7, 11) is 1.95. The maximum absolute atomic E-state index is 12.0. The normalized spacial score (nSPS) is 30.1. The zero-order chi connectivity index (χ0) is 11.5. The standard InChI is InChI=1S/C13H24N2O/c1-15(9-10-4-2-5-10)13(16)8-11-6-3-7-12(11)14/h10-12H,2-9,14H2,1H3/t11-,12+/m0/s1. The number of nitrogens with two attached hydrogens (primary N) is 1. The summed E-state index contributed by atoms with van der Waals surface area (Å²) in [6, 6.07) is 0.265. The van der Waals surface area contributed by atoms with Crippen molar-refractivity contribution < 1.29 is 4.79 Å². The first-order chi connectivity index (χ1) is 7.66. The lowest BCUT2D eigenvalue weighted by Crippen LogP contribution is -2.37. The number of carbonyl (C=O) groups excluding carboxylic acids is 1. The Kier molecular flexibility index (Phi) is 3.85. The molecule has 0 bridgehead atoms. The van der Waals surface area contributed by atoms with Gasteiger partial charge in [-0.3, -0.25) is 4.79 Å².